The van der Waals surface area contributed by atoms with Crippen LogP contribution in [0.3, 0.4) is 0 Å². The number of amides is 1. The SMILES string of the molecule is COc1ccc2nc(NC(=O)C(C)Sc3cc(C)ncn3)sc2c1. The van der Waals surface area contributed by atoms with Crippen LogP contribution >= 0.6 is 23.1 Å². The molecule has 0 spiro atoms. The summed E-state index contributed by atoms with van der Waals surface area (Å²) in [6.07, 6.45) is 1.50. The average Bonchev–Trinajstić information content (AvgIpc) is 2.95. The number of methoxy groups -OCH3 is 1. The van der Waals surface area contributed by atoms with Gasteiger partial charge >= 0.3 is 0 Å². The summed E-state index contributed by atoms with van der Waals surface area (Å²) in [5, 5.41) is 3.93. The maximum absolute atomic E-state index is 12.4. The largest absolute Gasteiger partial charge is 0.497 e. The van der Waals surface area contributed by atoms with Crippen molar-refractivity contribution in [3.8, 4) is 5.75 Å². The highest BCUT2D eigenvalue weighted by Gasteiger charge is 2.17. The molecule has 0 aliphatic carbocycles. The minimum Gasteiger partial charge on any atom is -0.497 e. The molecule has 0 bridgehead atoms. The summed E-state index contributed by atoms with van der Waals surface area (Å²) in [6, 6.07) is 7.49. The average molecular weight is 360 g/mol. The van der Waals surface area contributed by atoms with E-state index in [9.17, 15) is 4.79 Å². The first-order chi connectivity index (χ1) is 11.5. The standard InChI is InChI=1S/C16H16N4O2S2/c1-9-6-14(18-8-17-9)23-10(2)15(21)20-16-19-12-5-4-11(22-3)7-13(12)24-16/h4-8,10H,1-3H3,(H,19,20,21). The minimum absolute atomic E-state index is 0.109. The van der Waals surface area contributed by atoms with Crippen LogP contribution in [-0.4, -0.2) is 33.2 Å². The maximum atomic E-state index is 12.4. The van der Waals surface area contributed by atoms with E-state index in [2.05, 4.69) is 20.3 Å². The molecule has 24 heavy (non-hydrogen) atoms. The quantitative estimate of drug-likeness (QED) is 0.554. The Morgan fingerprint density at radius 1 is 1.33 bits per heavy atom. The van der Waals surface area contributed by atoms with Gasteiger partial charge in [-0.1, -0.05) is 23.1 Å². The van der Waals surface area contributed by atoms with Crippen LogP contribution in [0.5, 0.6) is 5.75 Å². The number of rotatable bonds is 5. The molecule has 1 atom stereocenters. The first-order valence-corrected chi connectivity index (χ1v) is 8.95. The van der Waals surface area contributed by atoms with Crippen molar-refractivity contribution in [2.45, 2.75) is 24.1 Å². The van der Waals surface area contributed by atoms with Crippen LogP contribution in [0.15, 0.2) is 35.6 Å². The number of nitrogens with one attached hydrogen (secondary N) is 1. The van der Waals surface area contributed by atoms with Crippen molar-refractivity contribution in [1.82, 2.24) is 15.0 Å². The molecule has 2 aromatic heterocycles. The molecular formula is C16H16N4O2S2. The predicted octanol–water partition coefficient (Wildman–Crippen LogP) is 3.52. The lowest BCUT2D eigenvalue weighted by molar-refractivity contribution is -0.115. The fourth-order valence-corrected chi connectivity index (χ4v) is 3.79. The molecule has 2 heterocycles. The number of hydrogen-bond donors (Lipinski definition) is 1. The van der Waals surface area contributed by atoms with Crippen molar-refractivity contribution in [1.29, 1.82) is 0 Å². The summed E-state index contributed by atoms with van der Waals surface area (Å²) in [6.45, 7) is 3.74. The van der Waals surface area contributed by atoms with Crippen LogP contribution in [0.25, 0.3) is 10.2 Å². The van der Waals surface area contributed by atoms with Gasteiger partial charge in [-0.15, -0.1) is 0 Å². The summed E-state index contributed by atoms with van der Waals surface area (Å²) in [5.74, 6) is 0.661. The molecule has 0 fully saturated rings. The van der Waals surface area contributed by atoms with Gasteiger partial charge in [-0.05, 0) is 38.1 Å². The van der Waals surface area contributed by atoms with E-state index in [4.69, 9.17) is 4.74 Å². The highest BCUT2D eigenvalue weighted by atomic mass is 32.2. The zero-order valence-corrected chi connectivity index (χ0v) is 15.1. The number of carbonyl (C=O) groups excluding carboxylic acids is 1. The normalized spacial score (nSPS) is 12.1. The smallest absolute Gasteiger partial charge is 0.239 e. The third-order valence-corrected chi connectivity index (χ3v) is 5.24. The zero-order chi connectivity index (χ0) is 17.1. The number of nitrogens with zero attached hydrogens (tertiary/aromatic N) is 3. The fraction of sp³-hybridized carbons (Fsp3) is 0.250. The number of hydrogen-bond acceptors (Lipinski definition) is 7. The van der Waals surface area contributed by atoms with E-state index in [-0.39, 0.29) is 11.2 Å². The van der Waals surface area contributed by atoms with Crippen LogP contribution < -0.4 is 10.1 Å². The molecule has 3 aromatic rings. The Labute approximate surface area is 147 Å². The van der Waals surface area contributed by atoms with Gasteiger partial charge in [-0.2, -0.15) is 0 Å². The number of aromatic nitrogens is 3. The molecule has 1 unspecified atom stereocenters. The van der Waals surface area contributed by atoms with E-state index < -0.39 is 0 Å². The third kappa shape index (κ3) is 3.82. The van der Waals surface area contributed by atoms with Crippen LogP contribution in [0.4, 0.5) is 5.13 Å². The maximum Gasteiger partial charge on any atom is 0.239 e. The molecular weight excluding hydrogens is 344 g/mol. The second-order valence-corrected chi connectivity index (χ2v) is 7.49. The van der Waals surface area contributed by atoms with Gasteiger partial charge in [-0.3, -0.25) is 4.79 Å². The molecule has 0 saturated carbocycles. The number of carbonyl (C=O) groups is 1. The van der Waals surface area contributed by atoms with Gasteiger partial charge in [0.25, 0.3) is 0 Å². The van der Waals surface area contributed by atoms with Gasteiger partial charge in [0.1, 0.15) is 17.1 Å². The van der Waals surface area contributed by atoms with Gasteiger partial charge in [0.2, 0.25) is 5.91 Å². The first-order valence-electron chi connectivity index (χ1n) is 7.26. The molecule has 0 radical (unpaired) electrons. The van der Waals surface area contributed by atoms with Crippen LogP contribution in [0.1, 0.15) is 12.6 Å². The van der Waals surface area contributed by atoms with Crippen molar-refractivity contribution in [2.75, 3.05) is 12.4 Å². The fourth-order valence-electron chi connectivity index (χ4n) is 2.02. The molecule has 0 saturated heterocycles. The van der Waals surface area contributed by atoms with Gasteiger partial charge in [0, 0.05) is 5.69 Å². The summed E-state index contributed by atoms with van der Waals surface area (Å²) in [4.78, 5) is 25.0. The Morgan fingerprint density at radius 3 is 2.92 bits per heavy atom. The first kappa shape index (κ1) is 16.7. The summed E-state index contributed by atoms with van der Waals surface area (Å²) < 4.78 is 6.17. The molecule has 124 valence electrons. The number of thioether (sulfide) groups is 1. The number of anilines is 1. The highest BCUT2D eigenvalue weighted by Crippen LogP contribution is 2.30. The van der Waals surface area contributed by atoms with Gasteiger partial charge in [0.05, 0.1) is 22.6 Å². The lowest BCUT2D eigenvalue weighted by Gasteiger charge is -2.09. The number of ether oxygens (including phenoxy) is 1. The highest BCUT2D eigenvalue weighted by molar-refractivity contribution is 8.00. The topological polar surface area (TPSA) is 77.0 Å². The third-order valence-electron chi connectivity index (χ3n) is 3.27. The van der Waals surface area contributed by atoms with Crippen molar-refractivity contribution in [3.05, 3.63) is 36.3 Å². The Bertz CT molecular complexity index is 881. The molecule has 8 heteroatoms. The predicted molar refractivity (Wildman–Crippen MR) is 96.9 cm³/mol. The van der Waals surface area contributed by atoms with E-state index in [1.54, 1.807) is 7.11 Å². The minimum atomic E-state index is -0.291. The Morgan fingerprint density at radius 2 is 2.17 bits per heavy atom. The van der Waals surface area contributed by atoms with Crippen molar-refractivity contribution in [2.24, 2.45) is 0 Å². The van der Waals surface area contributed by atoms with E-state index in [0.29, 0.717) is 5.13 Å². The number of fused-ring (bicyclic) bond motifs is 1. The van der Waals surface area contributed by atoms with Gasteiger partial charge in [-0.25, -0.2) is 15.0 Å². The van der Waals surface area contributed by atoms with Crippen molar-refractivity contribution >= 4 is 44.4 Å². The molecule has 1 amide bonds. The lowest BCUT2D eigenvalue weighted by Crippen LogP contribution is -2.22. The molecule has 1 N–H and O–H groups in total. The molecule has 0 aliphatic heterocycles. The zero-order valence-electron chi connectivity index (χ0n) is 13.4. The van der Waals surface area contributed by atoms with Crippen LogP contribution in [0, 0.1) is 6.92 Å². The van der Waals surface area contributed by atoms with E-state index in [1.165, 1.54) is 29.4 Å². The lowest BCUT2D eigenvalue weighted by atomic mass is 10.3. The number of benzene rings is 1. The monoisotopic (exact) mass is 360 g/mol. The number of aryl methyl sites for hydroxylation is 1. The summed E-state index contributed by atoms with van der Waals surface area (Å²) in [7, 11) is 1.62. The van der Waals surface area contributed by atoms with Crippen molar-refractivity contribution < 1.29 is 9.53 Å². The summed E-state index contributed by atoms with van der Waals surface area (Å²) in [5.41, 5.74) is 1.71. The van der Waals surface area contributed by atoms with Crippen molar-refractivity contribution in [3.63, 3.8) is 0 Å². The Hall–Kier alpha value is -2.19. The molecule has 0 aliphatic rings. The molecule has 3 rings (SSSR count). The second kappa shape index (κ2) is 7.14. The van der Waals surface area contributed by atoms with Gasteiger partial charge < -0.3 is 10.1 Å². The Balaban J connectivity index is 1.69. The van der Waals surface area contributed by atoms with Crippen LogP contribution in [-0.2, 0) is 4.79 Å². The van der Waals surface area contributed by atoms with E-state index >= 15 is 0 Å². The van der Waals surface area contributed by atoms with Gasteiger partial charge in [0.15, 0.2) is 5.13 Å². The molecule has 1 aromatic carbocycles. The van der Waals surface area contributed by atoms with E-state index in [0.717, 1.165) is 26.7 Å². The van der Waals surface area contributed by atoms with E-state index in [1.807, 2.05) is 38.1 Å². The number of thiazole rings is 1. The second-order valence-electron chi connectivity index (χ2n) is 5.10. The molecule has 6 nitrogen and oxygen atoms in total. The Kier molecular flexibility index (Phi) is 4.96. The van der Waals surface area contributed by atoms with Crippen LogP contribution in [0.2, 0.25) is 0 Å². The summed E-state index contributed by atoms with van der Waals surface area (Å²) >= 11 is 2.82.